The number of likely N-dealkylation sites (tertiary alicyclic amines) is 1. The van der Waals surface area contributed by atoms with Crippen molar-refractivity contribution in [2.45, 2.75) is 52.0 Å². The Morgan fingerprint density at radius 3 is 2.74 bits per heavy atom. The Balaban J connectivity index is 1.96. The van der Waals surface area contributed by atoms with E-state index >= 15 is 0 Å². The van der Waals surface area contributed by atoms with Crippen molar-refractivity contribution in [3.05, 3.63) is 5.89 Å². The summed E-state index contributed by atoms with van der Waals surface area (Å²) in [4.78, 5) is 13.6. The topological polar surface area (TPSA) is 71.3 Å². The van der Waals surface area contributed by atoms with Crippen LogP contribution in [0.25, 0.3) is 0 Å². The van der Waals surface area contributed by atoms with Crippen LogP contribution in [0.15, 0.2) is 4.42 Å². The molecule has 0 bridgehead atoms. The van der Waals surface area contributed by atoms with Crippen LogP contribution in [0.4, 0.5) is 6.01 Å². The van der Waals surface area contributed by atoms with E-state index in [4.69, 9.17) is 4.42 Å². The highest BCUT2D eigenvalue weighted by atomic mass is 16.4. The molecule has 0 aliphatic carbocycles. The molecule has 1 aromatic heterocycles. The number of nitrogens with zero attached hydrogens (tertiary/aromatic N) is 3. The van der Waals surface area contributed by atoms with Crippen molar-refractivity contribution in [2.75, 3.05) is 18.4 Å². The SMILES string of the molecule is CCCN1C[C@H](Nc2nnc(C(C)(C)C)o2)CC1=O. The lowest BCUT2D eigenvalue weighted by Crippen LogP contribution is -2.28. The summed E-state index contributed by atoms with van der Waals surface area (Å²) in [5, 5.41) is 11.2. The number of rotatable bonds is 4. The number of amides is 1. The first kappa shape index (κ1) is 13.8. The Morgan fingerprint density at radius 2 is 2.16 bits per heavy atom. The number of hydrogen-bond acceptors (Lipinski definition) is 5. The molecule has 6 nitrogen and oxygen atoms in total. The van der Waals surface area contributed by atoms with Crippen molar-refractivity contribution in [3.8, 4) is 0 Å². The molecule has 6 heteroatoms. The van der Waals surface area contributed by atoms with Gasteiger partial charge >= 0.3 is 6.01 Å². The zero-order chi connectivity index (χ0) is 14.0. The van der Waals surface area contributed by atoms with Gasteiger partial charge in [0.1, 0.15) is 0 Å². The van der Waals surface area contributed by atoms with Crippen LogP contribution in [0.2, 0.25) is 0 Å². The summed E-state index contributed by atoms with van der Waals surface area (Å²) >= 11 is 0. The predicted octanol–water partition coefficient (Wildman–Crippen LogP) is 1.79. The van der Waals surface area contributed by atoms with E-state index in [1.54, 1.807) is 0 Å². The molecule has 1 saturated heterocycles. The Kier molecular flexibility index (Phi) is 3.78. The Bertz CT molecular complexity index is 450. The first-order chi connectivity index (χ1) is 8.90. The molecule has 1 aliphatic rings. The summed E-state index contributed by atoms with van der Waals surface area (Å²) in [7, 11) is 0. The van der Waals surface area contributed by atoms with Crippen molar-refractivity contribution in [3.63, 3.8) is 0 Å². The minimum absolute atomic E-state index is 0.0623. The standard InChI is InChI=1S/C13H22N4O2/c1-5-6-17-8-9(7-10(17)18)14-12-16-15-11(19-12)13(2,3)4/h9H,5-8H2,1-4H3,(H,14,16)/t9-/m1/s1. The lowest BCUT2D eigenvalue weighted by molar-refractivity contribution is -0.127. The van der Waals surface area contributed by atoms with Gasteiger partial charge in [-0.3, -0.25) is 4.79 Å². The highest BCUT2D eigenvalue weighted by Gasteiger charge is 2.30. The highest BCUT2D eigenvalue weighted by Crippen LogP contribution is 2.23. The van der Waals surface area contributed by atoms with Crippen molar-refractivity contribution in [2.24, 2.45) is 0 Å². The molecular formula is C13H22N4O2. The average Bonchev–Trinajstić information content (AvgIpc) is 2.87. The van der Waals surface area contributed by atoms with Crippen molar-refractivity contribution < 1.29 is 9.21 Å². The second-order valence-corrected chi connectivity index (χ2v) is 6.05. The molecule has 2 heterocycles. The largest absolute Gasteiger partial charge is 0.408 e. The van der Waals surface area contributed by atoms with Crippen LogP contribution in [0.1, 0.15) is 46.4 Å². The molecule has 1 aliphatic heterocycles. The van der Waals surface area contributed by atoms with Crippen LogP contribution in [-0.4, -0.2) is 40.1 Å². The number of aromatic nitrogens is 2. The Labute approximate surface area is 113 Å². The van der Waals surface area contributed by atoms with Crippen LogP contribution in [0, 0.1) is 0 Å². The molecular weight excluding hydrogens is 244 g/mol. The zero-order valence-electron chi connectivity index (χ0n) is 12.1. The van der Waals surface area contributed by atoms with Gasteiger partial charge in [-0.05, 0) is 6.42 Å². The average molecular weight is 266 g/mol. The van der Waals surface area contributed by atoms with Gasteiger partial charge in [0.25, 0.3) is 0 Å². The molecule has 19 heavy (non-hydrogen) atoms. The fraction of sp³-hybridized carbons (Fsp3) is 0.769. The number of anilines is 1. The van der Waals surface area contributed by atoms with E-state index < -0.39 is 0 Å². The monoisotopic (exact) mass is 266 g/mol. The van der Waals surface area contributed by atoms with E-state index in [1.165, 1.54) is 0 Å². The van der Waals surface area contributed by atoms with Crippen LogP contribution in [0.5, 0.6) is 0 Å². The fourth-order valence-corrected chi connectivity index (χ4v) is 2.11. The number of nitrogens with one attached hydrogen (secondary N) is 1. The predicted molar refractivity (Wildman–Crippen MR) is 71.9 cm³/mol. The van der Waals surface area contributed by atoms with Crippen LogP contribution < -0.4 is 5.32 Å². The van der Waals surface area contributed by atoms with Crippen molar-refractivity contribution >= 4 is 11.9 Å². The van der Waals surface area contributed by atoms with E-state index in [2.05, 4.69) is 22.4 Å². The van der Waals surface area contributed by atoms with E-state index in [9.17, 15) is 4.79 Å². The molecule has 106 valence electrons. The minimum atomic E-state index is -0.160. The molecule has 1 amide bonds. The van der Waals surface area contributed by atoms with Crippen molar-refractivity contribution in [1.29, 1.82) is 0 Å². The molecule has 0 aromatic carbocycles. The number of hydrogen-bond donors (Lipinski definition) is 1. The summed E-state index contributed by atoms with van der Waals surface area (Å²) in [6, 6.07) is 0.466. The normalized spacial score (nSPS) is 20.1. The molecule has 1 N–H and O–H groups in total. The molecule has 0 spiro atoms. The fourth-order valence-electron chi connectivity index (χ4n) is 2.11. The quantitative estimate of drug-likeness (QED) is 0.899. The minimum Gasteiger partial charge on any atom is -0.408 e. The maximum atomic E-state index is 11.7. The molecule has 0 saturated carbocycles. The molecule has 0 unspecified atom stereocenters. The molecule has 0 radical (unpaired) electrons. The van der Waals surface area contributed by atoms with E-state index in [0.29, 0.717) is 24.9 Å². The third-order valence-corrected chi connectivity index (χ3v) is 3.10. The van der Waals surface area contributed by atoms with Gasteiger partial charge in [0.2, 0.25) is 11.8 Å². The number of carbonyl (C=O) groups is 1. The smallest absolute Gasteiger partial charge is 0.315 e. The Morgan fingerprint density at radius 1 is 1.42 bits per heavy atom. The van der Waals surface area contributed by atoms with Gasteiger partial charge in [-0.2, -0.15) is 0 Å². The van der Waals surface area contributed by atoms with Crippen molar-refractivity contribution in [1.82, 2.24) is 15.1 Å². The van der Waals surface area contributed by atoms with E-state index in [-0.39, 0.29) is 17.4 Å². The summed E-state index contributed by atoms with van der Waals surface area (Å²) in [6.45, 7) is 9.65. The molecule has 2 rings (SSSR count). The summed E-state index contributed by atoms with van der Waals surface area (Å²) in [6.07, 6.45) is 1.47. The third-order valence-electron chi connectivity index (χ3n) is 3.10. The van der Waals surface area contributed by atoms with Crippen LogP contribution in [-0.2, 0) is 10.2 Å². The maximum Gasteiger partial charge on any atom is 0.315 e. The molecule has 1 atom stereocenters. The zero-order valence-corrected chi connectivity index (χ0v) is 12.1. The second kappa shape index (κ2) is 5.19. The van der Waals surface area contributed by atoms with Crippen LogP contribution in [0.3, 0.4) is 0 Å². The second-order valence-electron chi connectivity index (χ2n) is 6.05. The van der Waals surface area contributed by atoms with E-state index in [1.807, 2.05) is 25.7 Å². The van der Waals surface area contributed by atoms with Gasteiger partial charge in [-0.1, -0.05) is 32.8 Å². The Hall–Kier alpha value is -1.59. The molecule has 1 fully saturated rings. The first-order valence-electron chi connectivity index (χ1n) is 6.78. The lowest BCUT2D eigenvalue weighted by Gasteiger charge is -2.15. The number of carbonyl (C=O) groups excluding carboxylic acids is 1. The molecule has 1 aromatic rings. The van der Waals surface area contributed by atoms with Gasteiger partial charge < -0.3 is 14.6 Å². The van der Waals surface area contributed by atoms with Gasteiger partial charge in [0, 0.05) is 24.9 Å². The van der Waals surface area contributed by atoms with Gasteiger partial charge in [-0.25, -0.2) is 0 Å². The first-order valence-corrected chi connectivity index (χ1v) is 6.78. The third kappa shape index (κ3) is 3.24. The lowest BCUT2D eigenvalue weighted by atomic mass is 9.97. The van der Waals surface area contributed by atoms with E-state index in [0.717, 1.165) is 13.0 Å². The van der Waals surface area contributed by atoms with Gasteiger partial charge in [0.15, 0.2) is 0 Å². The maximum absolute atomic E-state index is 11.7. The summed E-state index contributed by atoms with van der Waals surface area (Å²) in [5.41, 5.74) is -0.160. The van der Waals surface area contributed by atoms with Crippen LogP contribution >= 0.6 is 0 Å². The van der Waals surface area contributed by atoms with Gasteiger partial charge in [-0.15, -0.1) is 5.10 Å². The highest BCUT2D eigenvalue weighted by molar-refractivity contribution is 5.79. The van der Waals surface area contributed by atoms with Gasteiger partial charge in [0.05, 0.1) is 6.04 Å². The summed E-state index contributed by atoms with van der Waals surface area (Å²) in [5.74, 6) is 0.791. The summed E-state index contributed by atoms with van der Waals surface area (Å²) < 4.78 is 5.58.